The monoisotopic (exact) mass is 376 g/mol. The lowest BCUT2D eigenvalue weighted by atomic mass is 10.1. The van der Waals surface area contributed by atoms with E-state index in [-0.39, 0.29) is 12.6 Å². The van der Waals surface area contributed by atoms with Crippen molar-refractivity contribution < 1.29 is 9.84 Å². The predicted octanol–water partition coefficient (Wildman–Crippen LogP) is 2.45. The van der Waals surface area contributed by atoms with Gasteiger partial charge >= 0.3 is 0 Å². The molecule has 0 aliphatic rings. The number of hydrogen-bond donors (Lipinski definition) is 3. The molecule has 0 aliphatic carbocycles. The number of nitrogens with zero attached hydrogens (tertiary/aromatic N) is 4. The summed E-state index contributed by atoms with van der Waals surface area (Å²) < 4.78 is 7.54. The van der Waals surface area contributed by atoms with E-state index in [1.165, 1.54) is 0 Å². The van der Waals surface area contributed by atoms with Crippen LogP contribution in [0.15, 0.2) is 67.1 Å². The Morgan fingerprint density at radius 1 is 1.07 bits per heavy atom. The van der Waals surface area contributed by atoms with Gasteiger partial charge in [-0.05, 0) is 42.5 Å². The summed E-state index contributed by atoms with van der Waals surface area (Å²) in [5, 5.41) is 20.4. The highest BCUT2D eigenvalue weighted by Gasteiger charge is 2.07. The normalized spacial score (nSPS) is 12.1. The van der Waals surface area contributed by atoms with Crippen molar-refractivity contribution in [3.63, 3.8) is 0 Å². The lowest BCUT2D eigenvalue weighted by Crippen LogP contribution is -2.30. The number of nitrogens with one attached hydrogen (secondary N) is 1. The standard InChI is InChI=1S/C20H20N6O2/c21-16(13-27)12-26-10-8-19(25-26)14-1-4-17(5-2-14)28-20-6-3-15(11-22-20)18-7-9-23-24-18/h1-11,16,27H,12-13,21H2,(H,23,24). The molecule has 8 nitrogen and oxygen atoms in total. The maximum atomic E-state index is 9.05. The average Bonchev–Trinajstić information content (AvgIpc) is 3.41. The molecule has 1 aromatic carbocycles. The van der Waals surface area contributed by atoms with Crippen molar-refractivity contribution in [2.24, 2.45) is 5.73 Å². The van der Waals surface area contributed by atoms with Crippen LogP contribution in [0, 0.1) is 0 Å². The van der Waals surface area contributed by atoms with E-state index in [0.717, 1.165) is 22.5 Å². The van der Waals surface area contributed by atoms with Crippen LogP contribution in [0.3, 0.4) is 0 Å². The molecule has 1 atom stereocenters. The Bertz CT molecular complexity index is 1010. The summed E-state index contributed by atoms with van der Waals surface area (Å²) in [6, 6.07) is 14.8. The zero-order valence-corrected chi connectivity index (χ0v) is 15.1. The highest BCUT2D eigenvalue weighted by atomic mass is 16.5. The van der Waals surface area contributed by atoms with Crippen molar-refractivity contribution in [1.82, 2.24) is 25.0 Å². The van der Waals surface area contributed by atoms with Gasteiger partial charge in [-0.1, -0.05) is 0 Å². The summed E-state index contributed by atoms with van der Waals surface area (Å²) >= 11 is 0. The second-order valence-electron chi connectivity index (χ2n) is 6.35. The molecule has 142 valence electrons. The first-order chi connectivity index (χ1) is 13.7. The Morgan fingerprint density at radius 2 is 1.89 bits per heavy atom. The summed E-state index contributed by atoms with van der Waals surface area (Å²) in [5.41, 5.74) is 9.39. The first-order valence-electron chi connectivity index (χ1n) is 8.85. The summed E-state index contributed by atoms with van der Waals surface area (Å²) in [6.07, 6.45) is 5.28. The smallest absolute Gasteiger partial charge is 0.219 e. The van der Waals surface area contributed by atoms with Gasteiger partial charge in [-0.2, -0.15) is 10.2 Å². The number of H-pyrrole nitrogens is 1. The maximum Gasteiger partial charge on any atom is 0.219 e. The van der Waals surface area contributed by atoms with E-state index in [9.17, 15) is 0 Å². The number of aliphatic hydroxyl groups is 1. The topological polar surface area (TPSA) is 115 Å². The first-order valence-corrected chi connectivity index (χ1v) is 8.85. The molecule has 4 rings (SSSR count). The highest BCUT2D eigenvalue weighted by Crippen LogP contribution is 2.25. The molecular weight excluding hydrogens is 356 g/mol. The lowest BCUT2D eigenvalue weighted by molar-refractivity contribution is 0.251. The molecule has 4 aromatic rings. The Morgan fingerprint density at radius 3 is 2.57 bits per heavy atom. The van der Waals surface area contributed by atoms with Gasteiger partial charge < -0.3 is 15.6 Å². The fraction of sp³-hybridized carbons (Fsp3) is 0.150. The molecule has 0 amide bonds. The number of hydrogen-bond acceptors (Lipinski definition) is 6. The van der Waals surface area contributed by atoms with Gasteiger partial charge in [-0.3, -0.25) is 9.78 Å². The number of pyridine rings is 1. The van der Waals surface area contributed by atoms with E-state index in [2.05, 4.69) is 20.3 Å². The second-order valence-corrected chi connectivity index (χ2v) is 6.35. The van der Waals surface area contributed by atoms with Gasteiger partial charge in [0.05, 0.1) is 24.5 Å². The summed E-state index contributed by atoms with van der Waals surface area (Å²) in [5.74, 6) is 1.20. The Balaban J connectivity index is 1.42. The Labute approximate surface area is 161 Å². The predicted molar refractivity (Wildman–Crippen MR) is 105 cm³/mol. The molecule has 0 spiro atoms. The average molecular weight is 376 g/mol. The Hall–Kier alpha value is -3.49. The molecule has 0 radical (unpaired) electrons. The van der Waals surface area contributed by atoms with Crippen molar-refractivity contribution in [2.45, 2.75) is 12.6 Å². The fourth-order valence-corrected chi connectivity index (χ4v) is 2.75. The minimum atomic E-state index is -0.323. The lowest BCUT2D eigenvalue weighted by Gasteiger charge is -2.07. The molecular formula is C20H20N6O2. The molecule has 0 fully saturated rings. The molecule has 4 N–H and O–H groups in total. The van der Waals surface area contributed by atoms with Crippen molar-refractivity contribution in [3.8, 4) is 34.1 Å². The third-order valence-electron chi connectivity index (χ3n) is 4.22. The van der Waals surface area contributed by atoms with Crippen molar-refractivity contribution >= 4 is 0 Å². The van der Waals surface area contributed by atoms with Gasteiger partial charge in [0.2, 0.25) is 5.88 Å². The number of aliphatic hydroxyl groups excluding tert-OH is 1. The van der Waals surface area contributed by atoms with E-state index in [4.69, 9.17) is 15.6 Å². The van der Waals surface area contributed by atoms with Crippen LogP contribution >= 0.6 is 0 Å². The van der Waals surface area contributed by atoms with Crippen LogP contribution in [0.25, 0.3) is 22.5 Å². The molecule has 3 aromatic heterocycles. The molecule has 3 heterocycles. The quantitative estimate of drug-likeness (QED) is 0.456. The third kappa shape index (κ3) is 4.08. The molecule has 0 aliphatic heterocycles. The van der Waals surface area contributed by atoms with Crippen LogP contribution in [0.4, 0.5) is 0 Å². The molecule has 0 saturated carbocycles. The van der Waals surface area contributed by atoms with Crippen LogP contribution in [-0.2, 0) is 6.54 Å². The molecule has 28 heavy (non-hydrogen) atoms. The summed E-state index contributed by atoms with van der Waals surface area (Å²) in [4.78, 5) is 4.33. The van der Waals surface area contributed by atoms with Gasteiger partial charge in [-0.25, -0.2) is 4.98 Å². The minimum absolute atomic E-state index is 0.0713. The van der Waals surface area contributed by atoms with Gasteiger partial charge in [-0.15, -0.1) is 0 Å². The zero-order valence-electron chi connectivity index (χ0n) is 15.1. The number of ether oxygens (including phenoxy) is 1. The number of aromatic amines is 1. The van der Waals surface area contributed by atoms with Crippen molar-refractivity contribution in [2.75, 3.05) is 6.61 Å². The van der Waals surface area contributed by atoms with Crippen LogP contribution in [-0.4, -0.2) is 42.7 Å². The zero-order chi connectivity index (χ0) is 19.3. The maximum absolute atomic E-state index is 9.05. The third-order valence-corrected chi connectivity index (χ3v) is 4.22. The molecule has 0 saturated heterocycles. The molecule has 1 unspecified atom stereocenters. The molecule has 0 bridgehead atoms. The van der Waals surface area contributed by atoms with Crippen LogP contribution in [0.1, 0.15) is 0 Å². The number of nitrogens with two attached hydrogens (primary N) is 1. The number of benzene rings is 1. The molecule has 8 heteroatoms. The van der Waals surface area contributed by atoms with Crippen molar-refractivity contribution in [1.29, 1.82) is 0 Å². The minimum Gasteiger partial charge on any atom is -0.439 e. The summed E-state index contributed by atoms with van der Waals surface area (Å²) in [7, 11) is 0. The van der Waals surface area contributed by atoms with Crippen LogP contribution in [0.2, 0.25) is 0 Å². The number of rotatable bonds is 7. The van der Waals surface area contributed by atoms with Gasteiger partial charge in [0, 0.05) is 41.8 Å². The SMILES string of the molecule is NC(CO)Cn1ccc(-c2ccc(Oc3ccc(-c4ccn[nH]4)cn3)cc2)n1. The van der Waals surface area contributed by atoms with Crippen LogP contribution in [0.5, 0.6) is 11.6 Å². The van der Waals surface area contributed by atoms with Crippen LogP contribution < -0.4 is 10.5 Å². The van der Waals surface area contributed by atoms with E-state index in [1.54, 1.807) is 17.1 Å². The highest BCUT2D eigenvalue weighted by molar-refractivity contribution is 5.60. The van der Waals surface area contributed by atoms with E-state index < -0.39 is 0 Å². The largest absolute Gasteiger partial charge is 0.439 e. The fourth-order valence-electron chi connectivity index (χ4n) is 2.75. The second kappa shape index (κ2) is 8.03. The Kier molecular flexibility index (Phi) is 5.14. The van der Waals surface area contributed by atoms with Gasteiger partial charge in [0.1, 0.15) is 5.75 Å². The first kappa shape index (κ1) is 17.9. The van der Waals surface area contributed by atoms with E-state index in [0.29, 0.717) is 18.2 Å². The van der Waals surface area contributed by atoms with E-state index >= 15 is 0 Å². The number of aromatic nitrogens is 5. The van der Waals surface area contributed by atoms with E-state index in [1.807, 2.05) is 54.7 Å². The van der Waals surface area contributed by atoms with Gasteiger partial charge in [0.15, 0.2) is 0 Å². The summed E-state index contributed by atoms with van der Waals surface area (Å²) in [6.45, 7) is 0.399. The van der Waals surface area contributed by atoms with Gasteiger partial charge in [0.25, 0.3) is 0 Å². The van der Waals surface area contributed by atoms with Crippen molar-refractivity contribution in [3.05, 3.63) is 67.1 Å².